The zero-order valence-electron chi connectivity index (χ0n) is 16.6. The Morgan fingerprint density at radius 2 is 1.77 bits per heavy atom. The number of benzene rings is 1. The van der Waals surface area contributed by atoms with Crippen molar-refractivity contribution in [1.82, 2.24) is 24.7 Å². The second kappa shape index (κ2) is 8.46. The third-order valence-corrected chi connectivity index (χ3v) is 4.57. The molecule has 4 rings (SSSR count). The van der Waals surface area contributed by atoms with Gasteiger partial charge in [0.05, 0.1) is 11.9 Å². The van der Waals surface area contributed by atoms with Crippen LogP contribution < -0.4 is 10.7 Å². The molecule has 0 saturated heterocycles. The Hall–Kier alpha value is -3.53. The zero-order valence-corrected chi connectivity index (χ0v) is 18.2. The van der Waals surface area contributed by atoms with Crippen molar-refractivity contribution in [3.05, 3.63) is 69.8 Å². The molecule has 0 fully saturated rings. The van der Waals surface area contributed by atoms with Gasteiger partial charge in [0, 0.05) is 15.9 Å². The van der Waals surface area contributed by atoms with Crippen molar-refractivity contribution >= 4 is 39.7 Å². The molecule has 0 aliphatic rings. The van der Waals surface area contributed by atoms with Crippen LogP contribution in [-0.2, 0) is 0 Å². The minimum Gasteiger partial charge on any atom is -0.460 e. The number of aryl methyl sites for hydroxylation is 3. The van der Waals surface area contributed by atoms with E-state index in [1.165, 1.54) is 0 Å². The first-order valence-electron chi connectivity index (χ1n) is 9.14. The number of anilines is 3. The van der Waals surface area contributed by atoms with E-state index in [4.69, 9.17) is 4.42 Å². The number of hydrogen-bond donors (Lipinski definition) is 2. The van der Waals surface area contributed by atoms with Crippen LogP contribution in [0.15, 0.2) is 56.5 Å². The third kappa shape index (κ3) is 4.71. The van der Waals surface area contributed by atoms with E-state index in [1.54, 1.807) is 10.9 Å². The molecule has 30 heavy (non-hydrogen) atoms. The zero-order chi connectivity index (χ0) is 21.1. The van der Waals surface area contributed by atoms with Crippen LogP contribution in [0.4, 0.5) is 17.6 Å². The normalized spacial score (nSPS) is 11.2. The molecule has 2 N–H and O–H groups in total. The molecular formula is C20H19BrN8O. The fourth-order valence-electron chi connectivity index (χ4n) is 2.74. The van der Waals surface area contributed by atoms with Crippen LogP contribution in [0, 0.1) is 20.8 Å². The third-order valence-electron chi connectivity index (χ3n) is 4.04. The summed E-state index contributed by atoms with van der Waals surface area (Å²) in [6.07, 6.45) is 1.56. The molecule has 3 heterocycles. The molecule has 10 heteroatoms. The quantitative estimate of drug-likeness (QED) is 0.317. The van der Waals surface area contributed by atoms with E-state index in [9.17, 15) is 0 Å². The Morgan fingerprint density at radius 3 is 2.43 bits per heavy atom. The summed E-state index contributed by atoms with van der Waals surface area (Å²) in [7, 11) is 0. The van der Waals surface area contributed by atoms with Crippen molar-refractivity contribution in [2.24, 2.45) is 5.10 Å². The second-order valence-corrected chi connectivity index (χ2v) is 7.49. The van der Waals surface area contributed by atoms with E-state index in [-0.39, 0.29) is 5.95 Å². The van der Waals surface area contributed by atoms with Gasteiger partial charge in [-0.2, -0.15) is 25.2 Å². The van der Waals surface area contributed by atoms with Crippen LogP contribution >= 0.6 is 15.9 Å². The van der Waals surface area contributed by atoms with Crippen molar-refractivity contribution < 1.29 is 4.42 Å². The number of furan rings is 1. The van der Waals surface area contributed by atoms with E-state index in [1.807, 2.05) is 63.2 Å². The van der Waals surface area contributed by atoms with E-state index in [2.05, 4.69) is 51.8 Å². The maximum atomic E-state index is 5.47. The van der Waals surface area contributed by atoms with Crippen LogP contribution in [-0.4, -0.2) is 30.9 Å². The van der Waals surface area contributed by atoms with E-state index >= 15 is 0 Å². The first-order chi connectivity index (χ1) is 14.5. The van der Waals surface area contributed by atoms with Crippen LogP contribution in [0.3, 0.4) is 0 Å². The predicted octanol–water partition coefficient (Wildman–Crippen LogP) is 4.53. The first kappa shape index (κ1) is 19.8. The molecule has 3 aromatic heterocycles. The lowest BCUT2D eigenvalue weighted by Gasteiger charge is -2.09. The van der Waals surface area contributed by atoms with Gasteiger partial charge < -0.3 is 9.73 Å². The summed E-state index contributed by atoms with van der Waals surface area (Å²) in [6, 6.07) is 13.3. The summed E-state index contributed by atoms with van der Waals surface area (Å²) in [5, 5.41) is 11.8. The fraction of sp³-hybridized carbons (Fsp3) is 0.150. The van der Waals surface area contributed by atoms with Gasteiger partial charge in [-0.05, 0) is 63.2 Å². The van der Waals surface area contributed by atoms with Crippen molar-refractivity contribution in [2.75, 3.05) is 10.7 Å². The summed E-state index contributed by atoms with van der Waals surface area (Å²) in [5.74, 6) is 2.44. The maximum Gasteiger partial charge on any atom is 0.257 e. The molecule has 0 atom stereocenters. The molecule has 0 aliphatic carbocycles. The molecule has 1 aromatic carbocycles. The molecule has 0 unspecified atom stereocenters. The van der Waals surface area contributed by atoms with Crippen molar-refractivity contribution in [3.8, 4) is 5.95 Å². The largest absolute Gasteiger partial charge is 0.460 e. The monoisotopic (exact) mass is 466 g/mol. The Labute approximate surface area is 181 Å². The Morgan fingerprint density at radius 1 is 1.00 bits per heavy atom. The SMILES string of the molecule is Cc1cc(C)n(-c2nc(N/N=C\c3ccc(C)o3)nc(Nc3ccc(Br)cc3)n2)n1. The van der Waals surface area contributed by atoms with Gasteiger partial charge in [0.2, 0.25) is 11.9 Å². The smallest absolute Gasteiger partial charge is 0.257 e. The van der Waals surface area contributed by atoms with Gasteiger partial charge in [0.1, 0.15) is 11.5 Å². The number of hydrogen-bond acceptors (Lipinski definition) is 8. The Kier molecular flexibility index (Phi) is 5.57. The van der Waals surface area contributed by atoms with Gasteiger partial charge in [-0.3, -0.25) is 0 Å². The highest BCUT2D eigenvalue weighted by Gasteiger charge is 2.12. The minimum absolute atomic E-state index is 0.270. The molecule has 0 amide bonds. The molecule has 0 spiro atoms. The van der Waals surface area contributed by atoms with Gasteiger partial charge in [-0.15, -0.1) is 0 Å². The fourth-order valence-corrected chi connectivity index (χ4v) is 3.00. The predicted molar refractivity (Wildman–Crippen MR) is 119 cm³/mol. The minimum atomic E-state index is 0.270. The van der Waals surface area contributed by atoms with Crippen LogP contribution in [0.1, 0.15) is 22.9 Å². The van der Waals surface area contributed by atoms with E-state index in [0.29, 0.717) is 17.7 Å². The van der Waals surface area contributed by atoms with Gasteiger partial charge >= 0.3 is 0 Å². The summed E-state index contributed by atoms with van der Waals surface area (Å²) < 4.78 is 8.12. The number of aromatic nitrogens is 5. The Balaban J connectivity index is 1.65. The van der Waals surface area contributed by atoms with E-state index in [0.717, 1.165) is 27.3 Å². The molecule has 4 aromatic rings. The molecule has 0 saturated carbocycles. The summed E-state index contributed by atoms with van der Waals surface area (Å²) in [6.45, 7) is 5.73. The number of rotatable bonds is 6. The number of nitrogens with one attached hydrogen (secondary N) is 2. The summed E-state index contributed by atoms with van der Waals surface area (Å²) >= 11 is 3.43. The molecule has 152 valence electrons. The lowest BCUT2D eigenvalue weighted by molar-refractivity contribution is 0.528. The number of hydrazone groups is 1. The lowest BCUT2D eigenvalue weighted by atomic mass is 10.3. The maximum absolute atomic E-state index is 5.47. The van der Waals surface area contributed by atoms with Crippen LogP contribution in [0.2, 0.25) is 0 Å². The highest BCUT2D eigenvalue weighted by atomic mass is 79.9. The standard InChI is InChI=1S/C20H19BrN8O/c1-12-10-13(2)29(28-12)20-25-18(23-16-7-5-15(21)6-8-16)24-19(26-20)27-22-11-17-9-4-14(3)30-17/h4-11H,1-3H3,(H2,23,24,25,26,27)/b22-11-. The molecule has 9 nitrogen and oxygen atoms in total. The second-order valence-electron chi connectivity index (χ2n) is 6.57. The number of halogens is 1. The molecule has 0 aliphatic heterocycles. The van der Waals surface area contributed by atoms with Crippen molar-refractivity contribution in [1.29, 1.82) is 0 Å². The van der Waals surface area contributed by atoms with Gasteiger partial charge in [0.15, 0.2) is 0 Å². The van der Waals surface area contributed by atoms with Crippen molar-refractivity contribution in [3.63, 3.8) is 0 Å². The molecule has 0 radical (unpaired) electrons. The van der Waals surface area contributed by atoms with Gasteiger partial charge in [-0.25, -0.2) is 10.1 Å². The molecular weight excluding hydrogens is 448 g/mol. The summed E-state index contributed by atoms with van der Waals surface area (Å²) in [4.78, 5) is 13.4. The highest BCUT2D eigenvalue weighted by molar-refractivity contribution is 9.10. The van der Waals surface area contributed by atoms with Crippen LogP contribution in [0.25, 0.3) is 5.95 Å². The lowest BCUT2D eigenvalue weighted by Crippen LogP contribution is -2.11. The first-order valence-corrected chi connectivity index (χ1v) is 9.93. The summed E-state index contributed by atoms with van der Waals surface area (Å²) in [5.41, 5.74) is 5.45. The average Bonchev–Trinajstić information content (AvgIpc) is 3.28. The van der Waals surface area contributed by atoms with Gasteiger partial charge in [0.25, 0.3) is 5.95 Å². The number of nitrogens with zero attached hydrogens (tertiary/aromatic N) is 6. The molecule has 0 bridgehead atoms. The van der Waals surface area contributed by atoms with E-state index < -0.39 is 0 Å². The van der Waals surface area contributed by atoms with Crippen molar-refractivity contribution in [2.45, 2.75) is 20.8 Å². The topological polar surface area (TPSA) is 106 Å². The highest BCUT2D eigenvalue weighted by Crippen LogP contribution is 2.19. The van der Waals surface area contributed by atoms with Crippen LogP contribution in [0.5, 0.6) is 0 Å². The van der Waals surface area contributed by atoms with Gasteiger partial charge in [-0.1, -0.05) is 15.9 Å². The Bertz CT molecular complexity index is 1200. The average molecular weight is 467 g/mol.